The zero-order chi connectivity index (χ0) is 11.2. The molecule has 84 valence electrons. The van der Waals surface area contributed by atoms with E-state index < -0.39 is 0 Å². The minimum Gasteiger partial charge on any atom is -0.261 e. The summed E-state index contributed by atoms with van der Waals surface area (Å²) in [5, 5.41) is 4.26. The monoisotopic (exact) mass is 231 g/mol. The Kier molecular flexibility index (Phi) is 4.11. The van der Waals surface area contributed by atoms with Crippen molar-refractivity contribution in [3.8, 4) is 11.1 Å². The molecule has 0 unspecified atom stereocenters. The Hall–Kier alpha value is -1.15. The molecule has 2 rings (SSSR count). The summed E-state index contributed by atoms with van der Waals surface area (Å²) in [5.41, 5.74) is 3.71. The van der Waals surface area contributed by atoms with Crippen molar-refractivity contribution in [2.24, 2.45) is 0 Å². The van der Waals surface area contributed by atoms with E-state index >= 15 is 0 Å². The van der Waals surface area contributed by atoms with Crippen molar-refractivity contribution in [3.63, 3.8) is 0 Å². The van der Waals surface area contributed by atoms with Crippen LogP contribution in [-0.2, 0) is 6.42 Å². The van der Waals surface area contributed by atoms with Crippen LogP contribution in [0.2, 0.25) is 0 Å². The number of thiophene rings is 1. The van der Waals surface area contributed by atoms with E-state index in [4.69, 9.17) is 0 Å². The van der Waals surface area contributed by atoms with Gasteiger partial charge in [0.15, 0.2) is 0 Å². The summed E-state index contributed by atoms with van der Waals surface area (Å²) in [6.07, 6.45) is 6.92. The summed E-state index contributed by atoms with van der Waals surface area (Å²) < 4.78 is 0. The predicted octanol–water partition coefficient (Wildman–Crippen LogP) is 4.54. The van der Waals surface area contributed by atoms with Crippen LogP contribution in [0.5, 0.6) is 0 Å². The zero-order valence-corrected chi connectivity index (χ0v) is 10.5. The highest BCUT2D eigenvalue weighted by Crippen LogP contribution is 2.21. The SMILES string of the molecule is CCCCCc1ccc(-c2ccsc2)cn1. The minimum atomic E-state index is 1.11. The molecule has 2 heterocycles. The average Bonchev–Trinajstić information content (AvgIpc) is 2.84. The van der Waals surface area contributed by atoms with Crippen molar-refractivity contribution >= 4 is 11.3 Å². The van der Waals surface area contributed by atoms with E-state index in [1.54, 1.807) is 11.3 Å². The van der Waals surface area contributed by atoms with Gasteiger partial charge >= 0.3 is 0 Å². The lowest BCUT2D eigenvalue weighted by Gasteiger charge is -2.01. The molecule has 0 saturated heterocycles. The highest BCUT2D eigenvalue weighted by Gasteiger charge is 1.99. The first-order valence-electron chi connectivity index (χ1n) is 5.87. The Morgan fingerprint density at radius 2 is 2.06 bits per heavy atom. The molecule has 0 bridgehead atoms. The molecule has 0 N–H and O–H groups in total. The summed E-state index contributed by atoms with van der Waals surface area (Å²) in [4.78, 5) is 4.51. The molecule has 0 spiro atoms. The maximum absolute atomic E-state index is 4.51. The molecule has 0 aromatic carbocycles. The van der Waals surface area contributed by atoms with Crippen LogP contribution in [0.4, 0.5) is 0 Å². The lowest BCUT2D eigenvalue weighted by Crippen LogP contribution is -1.90. The summed E-state index contributed by atoms with van der Waals surface area (Å²) in [6.45, 7) is 2.23. The van der Waals surface area contributed by atoms with Gasteiger partial charge in [-0.1, -0.05) is 25.8 Å². The highest BCUT2D eigenvalue weighted by atomic mass is 32.1. The number of pyridine rings is 1. The van der Waals surface area contributed by atoms with Crippen molar-refractivity contribution in [3.05, 3.63) is 40.8 Å². The Labute approximate surface area is 101 Å². The maximum Gasteiger partial charge on any atom is 0.0404 e. The molecule has 0 aliphatic carbocycles. The van der Waals surface area contributed by atoms with Gasteiger partial charge in [0.05, 0.1) is 0 Å². The van der Waals surface area contributed by atoms with Gasteiger partial charge in [-0.2, -0.15) is 11.3 Å². The zero-order valence-electron chi connectivity index (χ0n) is 9.65. The van der Waals surface area contributed by atoms with Crippen LogP contribution >= 0.6 is 11.3 Å². The molecular weight excluding hydrogens is 214 g/mol. The van der Waals surface area contributed by atoms with Crippen LogP contribution in [0.1, 0.15) is 31.9 Å². The van der Waals surface area contributed by atoms with E-state index in [2.05, 4.69) is 40.9 Å². The van der Waals surface area contributed by atoms with Crippen molar-refractivity contribution < 1.29 is 0 Å². The molecule has 0 aliphatic heterocycles. The third-order valence-electron chi connectivity index (χ3n) is 2.72. The summed E-state index contributed by atoms with van der Waals surface area (Å²) in [5.74, 6) is 0. The molecule has 2 aromatic rings. The van der Waals surface area contributed by atoms with Crippen molar-refractivity contribution in [2.45, 2.75) is 32.6 Å². The minimum absolute atomic E-state index is 1.11. The van der Waals surface area contributed by atoms with E-state index in [0.717, 1.165) is 6.42 Å². The number of hydrogen-bond donors (Lipinski definition) is 0. The van der Waals surface area contributed by atoms with Crippen LogP contribution in [-0.4, -0.2) is 4.98 Å². The first-order valence-corrected chi connectivity index (χ1v) is 6.82. The van der Waals surface area contributed by atoms with Crippen molar-refractivity contribution in [2.75, 3.05) is 0 Å². The Morgan fingerprint density at radius 3 is 2.69 bits per heavy atom. The summed E-state index contributed by atoms with van der Waals surface area (Å²) in [6, 6.07) is 6.47. The quantitative estimate of drug-likeness (QED) is 0.688. The fourth-order valence-electron chi connectivity index (χ4n) is 1.73. The lowest BCUT2D eigenvalue weighted by atomic mass is 10.1. The van der Waals surface area contributed by atoms with Gasteiger partial charge in [-0.25, -0.2) is 0 Å². The van der Waals surface area contributed by atoms with Gasteiger partial charge in [0, 0.05) is 17.5 Å². The van der Waals surface area contributed by atoms with Gasteiger partial charge in [0.25, 0.3) is 0 Å². The van der Waals surface area contributed by atoms with Gasteiger partial charge in [0.1, 0.15) is 0 Å². The van der Waals surface area contributed by atoms with E-state index in [0.29, 0.717) is 0 Å². The molecule has 2 aromatic heterocycles. The number of aryl methyl sites for hydroxylation is 1. The number of aromatic nitrogens is 1. The maximum atomic E-state index is 4.51. The van der Waals surface area contributed by atoms with Gasteiger partial charge in [-0.05, 0) is 41.3 Å². The Balaban J connectivity index is 2.00. The first-order chi connectivity index (χ1) is 7.90. The van der Waals surface area contributed by atoms with Crippen molar-refractivity contribution in [1.82, 2.24) is 4.98 Å². The fourth-order valence-corrected chi connectivity index (χ4v) is 2.39. The van der Waals surface area contributed by atoms with E-state index in [1.807, 2.05) is 6.20 Å². The van der Waals surface area contributed by atoms with Crippen LogP contribution in [0, 0.1) is 0 Å². The molecule has 0 saturated carbocycles. The molecule has 2 heteroatoms. The van der Waals surface area contributed by atoms with Crippen LogP contribution < -0.4 is 0 Å². The molecule has 0 aliphatic rings. The van der Waals surface area contributed by atoms with Crippen LogP contribution in [0.25, 0.3) is 11.1 Å². The second-order valence-corrected chi connectivity index (χ2v) is 4.79. The number of nitrogens with zero attached hydrogens (tertiary/aromatic N) is 1. The topological polar surface area (TPSA) is 12.9 Å². The molecule has 0 amide bonds. The largest absolute Gasteiger partial charge is 0.261 e. The molecular formula is C14H17NS. The van der Waals surface area contributed by atoms with Gasteiger partial charge < -0.3 is 0 Å². The van der Waals surface area contributed by atoms with Gasteiger partial charge in [0.2, 0.25) is 0 Å². The smallest absolute Gasteiger partial charge is 0.0404 e. The van der Waals surface area contributed by atoms with Crippen molar-refractivity contribution in [1.29, 1.82) is 0 Å². The number of rotatable bonds is 5. The standard InChI is InChI=1S/C14H17NS/c1-2-3-4-5-14-7-6-12(10-15-14)13-8-9-16-11-13/h6-11H,2-5H2,1H3. The summed E-state index contributed by atoms with van der Waals surface area (Å²) >= 11 is 1.73. The van der Waals surface area contributed by atoms with E-state index in [9.17, 15) is 0 Å². The van der Waals surface area contributed by atoms with Gasteiger partial charge in [-0.15, -0.1) is 0 Å². The van der Waals surface area contributed by atoms with E-state index in [-0.39, 0.29) is 0 Å². The third-order valence-corrected chi connectivity index (χ3v) is 3.40. The lowest BCUT2D eigenvalue weighted by molar-refractivity contribution is 0.707. The number of unbranched alkanes of at least 4 members (excludes halogenated alkanes) is 2. The Morgan fingerprint density at radius 1 is 1.12 bits per heavy atom. The molecule has 0 fully saturated rings. The molecule has 0 atom stereocenters. The second kappa shape index (κ2) is 5.80. The molecule has 1 nitrogen and oxygen atoms in total. The molecule has 0 radical (unpaired) electrons. The van der Waals surface area contributed by atoms with Crippen LogP contribution in [0.15, 0.2) is 35.2 Å². The van der Waals surface area contributed by atoms with Crippen LogP contribution in [0.3, 0.4) is 0 Å². The second-order valence-electron chi connectivity index (χ2n) is 4.01. The normalized spacial score (nSPS) is 10.6. The number of hydrogen-bond acceptors (Lipinski definition) is 2. The average molecular weight is 231 g/mol. The Bertz CT molecular complexity index is 403. The summed E-state index contributed by atoms with van der Waals surface area (Å²) in [7, 11) is 0. The highest BCUT2D eigenvalue weighted by molar-refractivity contribution is 7.08. The fraction of sp³-hybridized carbons (Fsp3) is 0.357. The van der Waals surface area contributed by atoms with Gasteiger partial charge in [-0.3, -0.25) is 4.98 Å². The predicted molar refractivity (Wildman–Crippen MR) is 70.8 cm³/mol. The molecule has 16 heavy (non-hydrogen) atoms. The van der Waals surface area contributed by atoms with E-state index in [1.165, 1.54) is 36.1 Å². The first kappa shape index (κ1) is 11.3. The third kappa shape index (κ3) is 2.92.